The lowest BCUT2D eigenvalue weighted by atomic mass is 10.1. The Hall–Kier alpha value is -2.68. The maximum atomic E-state index is 11.6. The summed E-state index contributed by atoms with van der Waals surface area (Å²) >= 11 is 0. The average molecular weight is 297 g/mol. The fourth-order valence-corrected chi connectivity index (χ4v) is 1.44. The Morgan fingerprint density at radius 1 is 1.43 bits per heavy atom. The SMILES string of the molecule is Cc1cc(NC(=O)NCC(C)(O)C(=O)O)ccc1[N+](=O)[O-]. The van der Waals surface area contributed by atoms with Gasteiger partial charge in [0.1, 0.15) is 0 Å². The molecule has 0 aromatic heterocycles. The number of aliphatic carboxylic acids is 1. The van der Waals surface area contributed by atoms with Crippen LogP contribution in [0.5, 0.6) is 0 Å². The minimum Gasteiger partial charge on any atom is -0.479 e. The Morgan fingerprint density at radius 2 is 2.05 bits per heavy atom. The molecule has 1 aromatic carbocycles. The summed E-state index contributed by atoms with van der Waals surface area (Å²) in [7, 11) is 0. The number of nitrogens with zero attached hydrogens (tertiary/aromatic N) is 1. The summed E-state index contributed by atoms with van der Waals surface area (Å²) in [5, 5.41) is 33.3. The fourth-order valence-electron chi connectivity index (χ4n) is 1.44. The molecule has 1 unspecified atom stereocenters. The van der Waals surface area contributed by atoms with E-state index in [9.17, 15) is 24.8 Å². The Balaban J connectivity index is 2.66. The summed E-state index contributed by atoms with van der Waals surface area (Å²) < 4.78 is 0. The lowest BCUT2D eigenvalue weighted by Crippen LogP contribution is -2.47. The molecular weight excluding hydrogens is 282 g/mol. The van der Waals surface area contributed by atoms with Crippen LogP contribution in [0.1, 0.15) is 12.5 Å². The number of anilines is 1. The van der Waals surface area contributed by atoms with E-state index in [1.165, 1.54) is 25.1 Å². The predicted molar refractivity (Wildman–Crippen MR) is 73.1 cm³/mol. The third kappa shape index (κ3) is 4.42. The van der Waals surface area contributed by atoms with Gasteiger partial charge in [0.05, 0.1) is 11.5 Å². The molecule has 1 rings (SSSR count). The Morgan fingerprint density at radius 3 is 2.52 bits per heavy atom. The summed E-state index contributed by atoms with van der Waals surface area (Å²) in [6, 6.07) is 3.27. The van der Waals surface area contributed by atoms with Crippen molar-refractivity contribution in [3.05, 3.63) is 33.9 Å². The summed E-state index contributed by atoms with van der Waals surface area (Å²) in [5.74, 6) is -1.46. The summed E-state index contributed by atoms with van der Waals surface area (Å²) in [4.78, 5) is 32.3. The van der Waals surface area contributed by atoms with E-state index in [-0.39, 0.29) is 5.69 Å². The summed E-state index contributed by atoms with van der Waals surface area (Å²) in [6.07, 6.45) is 0. The van der Waals surface area contributed by atoms with Crippen LogP contribution in [0.25, 0.3) is 0 Å². The molecule has 4 N–H and O–H groups in total. The number of amides is 2. The molecule has 9 nitrogen and oxygen atoms in total. The molecule has 0 saturated carbocycles. The zero-order valence-corrected chi connectivity index (χ0v) is 11.4. The second-order valence-corrected chi connectivity index (χ2v) is 4.65. The van der Waals surface area contributed by atoms with Gasteiger partial charge in [-0.2, -0.15) is 0 Å². The maximum absolute atomic E-state index is 11.6. The van der Waals surface area contributed by atoms with Gasteiger partial charge in [0.15, 0.2) is 5.60 Å². The van der Waals surface area contributed by atoms with Crippen molar-refractivity contribution in [2.75, 3.05) is 11.9 Å². The second kappa shape index (κ2) is 6.18. The first-order valence-corrected chi connectivity index (χ1v) is 5.89. The van der Waals surface area contributed by atoms with E-state index < -0.39 is 29.1 Å². The molecule has 0 bridgehead atoms. The number of carboxylic acids is 1. The number of aliphatic hydroxyl groups is 1. The van der Waals surface area contributed by atoms with Gasteiger partial charge in [-0.25, -0.2) is 9.59 Å². The number of nitrogens with one attached hydrogen (secondary N) is 2. The first-order valence-electron chi connectivity index (χ1n) is 5.89. The highest BCUT2D eigenvalue weighted by atomic mass is 16.6. The first kappa shape index (κ1) is 16.4. The molecule has 1 atom stereocenters. The molecule has 0 radical (unpaired) electrons. The standard InChI is InChI=1S/C12H15N3O6/c1-7-5-8(3-4-9(7)15(20)21)14-11(18)13-6-12(2,19)10(16)17/h3-5,19H,6H2,1-2H3,(H,16,17)(H2,13,14,18). The number of carboxylic acid groups (broad SMARTS) is 1. The van der Waals surface area contributed by atoms with Crippen LogP contribution in [0.3, 0.4) is 0 Å². The van der Waals surface area contributed by atoms with Crippen LogP contribution < -0.4 is 10.6 Å². The van der Waals surface area contributed by atoms with Crippen molar-refractivity contribution in [3.8, 4) is 0 Å². The van der Waals surface area contributed by atoms with Gasteiger partial charge in [-0.3, -0.25) is 10.1 Å². The van der Waals surface area contributed by atoms with E-state index in [4.69, 9.17) is 5.11 Å². The number of nitro benzene ring substituents is 1. The second-order valence-electron chi connectivity index (χ2n) is 4.65. The highest BCUT2D eigenvalue weighted by molar-refractivity contribution is 5.90. The van der Waals surface area contributed by atoms with Crippen LogP contribution in [0.2, 0.25) is 0 Å². The molecule has 0 spiro atoms. The van der Waals surface area contributed by atoms with Gasteiger partial charge in [0.25, 0.3) is 5.69 Å². The minimum absolute atomic E-state index is 0.0743. The largest absolute Gasteiger partial charge is 0.479 e. The van der Waals surface area contributed by atoms with E-state index in [0.29, 0.717) is 11.3 Å². The van der Waals surface area contributed by atoms with Gasteiger partial charge >= 0.3 is 12.0 Å². The smallest absolute Gasteiger partial charge is 0.337 e. The molecular formula is C12H15N3O6. The van der Waals surface area contributed by atoms with E-state index in [2.05, 4.69) is 10.6 Å². The van der Waals surface area contributed by atoms with E-state index in [1.54, 1.807) is 0 Å². The third-order valence-corrected chi connectivity index (χ3v) is 2.71. The number of urea groups is 1. The van der Waals surface area contributed by atoms with Crippen LogP contribution >= 0.6 is 0 Å². The van der Waals surface area contributed by atoms with Crippen molar-refractivity contribution in [3.63, 3.8) is 0 Å². The predicted octanol–water partition coefficient (Wildman–Crippen LogP) is 0.860. The third-order valence-electron chi connectivity index (χ3n) is 2.71. The highest BCUT2D eigenvalue weighted by Gasteiger charge is 2.30. The molecule has 0 aliphatic rings. The van der Waals surface area contributed by atoms with Crippen molar-refractivity contribution in [1.29, 1.82) is 0 Å². The molecule has 0 fully saturated rings. The number of nitro groups is 1. The van der Waals surface area contributed by atoms with Gasteiger partial charge in [-0.05, 0) is 26.0 Å². The minimum atomic E-state index is -2.08. The van der Waals surface area contributed by atoms with Crippen LogP contribution in [0.15, 0.2) is 18.2 Å². The normalized spacial score (nSPS) is 13.1. The number of aryl methyl sites for hydroxylation is 1. The lowest BCUT2D eigenvalue weighted by molar-refractivity contribution is -0.385. The number of carbonyl (C=O) groups excluding carboxylic acids is 1. The van der Waals surface area contributed by atoms with Crippen molar-refractivity contribution in [2.24, 2.45) is 0 Å². The van der Waals surface area contributed by atoms with E-state index in [0.717, 1.165) is 6.92 Å². The Kier molecular flexibility index (Phi) is 4.82. The molecule has 0 saturated heterocycles. The van der Waals surface area contributed by atoms with Gasteiger partial charge < -0.3 is 20.8 Å². The number of rotatable bonds is 5. The van der Waals surface area contributed by atoms with Crippen LogP contribution in [0, 0.1) is 17.0 Å². The maximum Gasteiger partial charge on any atom is 0.337 e. The van der Waals surface area contributed by atoms with Crippen molar-refractivity contribution >= 4 is 23.4 Å². The molecule has 9 heteroatoms. The molecule has 0 aliphatic heterocycles. The Bertz CT molecular complexity index is 584. The number of carbonyl (C=O) groups is 2. The number of hydrogen-bond donors (Lipinski definition) is 4. The monoisotopic (exact) mass is 297 g/mol. The molecule has 21 heavy (non-hydrogen) atoms. The van der Waals surface area contributed by atoms with Crippen LogP contribution in [-0.2, 0) is 4.79 Å². The molecule has 0 aliphatic carbocycles. The number of hydrogen-bond acceptors (Lipinski definition) is 5. The average Bonchev–Trinajstić information content (AvgIpc) is 2.36. The Labute approximate surface area is 119 Å². The van der Waals surface area contributed by atoms with Crippen molar-refractivity contribution in [2.45, 2.75) is 19.4 Å². The highest BCUT2D eigenvalue weighted by Crippen LogP contribution is 2.21. The zero-order valence-electron chi connectivity index (χ0n) is 11.4. The molecule has 1 aromatic rings. The topological polar surface area (TPSA) is 142 Å². The molecule has 114 valence electrons. The van der Waals surface area contributed by atoms with E-state index in [1.807, 2.05) is 0 Å². The summed E-state index contributed by atoms with van der Waals surface area (Å²) in [6.45, 7) is 2.09. The number of benzene rings is 1. The van der Waals surface area contributed by atoms with Gasteiger partial charge in [-0.15, -0.1) is 0 Å². The molecule has 0 heterocycles. The van der Waals surface area contributed by atoms with Crippen molar-refractivity contribution in [1.82, 2.24) is 5.32 Å². The van der Waals surface area contributed by atoms with Crippen LogP contribution in [-0.4, -0.2) is 39.3 Å². The quantitative estimate of drug-likeness (QED) is 0.469. The summed E-state index contributed by atoms with van der Waals surface area (Å²) in [5.41, 5.74) is -1.47. The van der Waals surface area contributed by atoms with Crippen LogP contribution in [0.4, 0.5) is 16.2 Å². The lowest BCUT2D eigenvalue weighted by Gasteiger charge is -2.18. The fraction of sp³-hybridized carbons (Fsp3) is 0.333. The van der Waals surface area contributed by atoms with Gasteiger partial charge in [0.2, 0.25) is 0 Å². The van der Waals surface area contributed by atoms with Gasteiger partial charge in [-0.1, -0.05) is 0 Å². The van der Waals surface area contributed by atoms with E-state index >= 15 is 0 Å². The van der Waals surface area contributed by atoms with Gasteiger partial charge in [0, 0.05) is 17.3 Å². The molecule has 2 amide bonds. The first-order chi connectivity index (χ1) is 9.63. The van der Waals surface area contributed by atoms with Crippen molar-refractivity contribution < 1.29 is 24.7 Å². The zero-order chi connectivity index (χ0) is 16.2.